The second-order valence-electron chi connectivity index (χ2n) is 7.37. The van der Waals surface area contributed by atoms with Crippen molar-refractivity contribution >= 4 is 34.1 Å². The minimum Gasteiger partial charge on any atom is -0.403 e. The minimum atomic E-state index is 0.0998. The lowest BCUT2D eigenvalue weighted by molar-refractivity contribution is 0.292. The third-order valence-electron chi connectivity index (χ3n) is 4.49. The topological polar surface area (TPSA) is 121 Å². The average molecular weight is 419 g/mol. The Morgan fingerprint density at radius 1 is 1.10 bits per heavy atom. The van der Waals surface area contributed by atoms with Crippen LogP contribution in [0.2, 0.25) is 0 Å². The number of rotatable bonds is 9. The fraction of sp³-hybridized carbons (Fsp3) is 0.273. The molecule has 3 heterocycles. The van der Waals surface area contributed by atoms with Crippen LogP contribution in [0, 0.1) is 0 Å². The molecule has 3 aromatic heterocycles. The van der Waals surface area contributed by atoms with E-state index in [1.165, 1.54) is 0 Å². The molecule has 0 radical (unpaired) electrons. The minimum absolute atomic E-state index is 0.0998. The quantitative estimate of drug-likeness (QED) is 0.298. The molecule has 0 amide bonds. The van der Waals surface area contributed by atoms with Gasteiger partial charge in [-0.2, -0.15) is 0 Å². The fourth-order valence-corrected chi connectivity index (χ4v) is 3.10. The zero-order valence-corrected chi connectivity index (χ0v) is 17.5. The number of hydrogen-bond acceptors (Lipinski definition) is 9. The monoisotopic (exact) mass is 419 g/mol. The molecule has 0 aliphatic heterocycles. The van der Waals surface area contributed by atoms with E-state index in [0.29, 0.717) is 36.3 Å². The number of anilines is 4. The molecular formula is C22H25N7O2. The van der Waals surface area contributed by atoms with E-state index in [1.54, 1.807) is 12.4 Å². The number of benzene rings is 1. The zero-order chi connectivity index (χ0) is 21.6. The molecule has 4 N–H and O–H groups in total. The van der Waals surface area contributed by atoms with Crippen LogP contribution in [-0.2, 0) is 0 Å². The van der Waals surface area contributed by atoms with E-state index < -0.39 is 0 Å². The van der Waals surface area contributed by atoms with E-state index in [-0.39, 0.29) is 12.6 Å². The molecule has 31 heavy (non-hydrogen) atoms. The van der Waals surface area contributed by atoms with Crippen LogP contribution >= 0.6 is 0 Å². The summed E-state index contributed by atoms with van der Waals surface area (Å²) in [6.45, 7) is 4.77. The third kappa shape index (κ3) is 5.07. The predicted octanol–water partition coefficient (Wildman–Crippen LogP) is 4.04. The van der Waals surface area contributed by atoms with E-state index in [0.717, 1.165) is 22.3 Å². The van der Waals surface area contributed by atoms with E-state index in [9.17, 15) is 0 Å². The Balaban J connectivity index is 1.59. The van der Waals surface area contributed by atoms with Crippen molar-refractivity contribution in [2.45, 2.75) is 26.3 Å². The van der Waals surface area contributed by atoms with Crippen molar-refractivity contribution in [1.82, 2.24) is 20.2 Å². The molecular weight excluding hydrogens is 394 g/mol. The molecule has 0 atom stereocenters. The first kappa shape index (κ1) is 20.5. The van der Waals surface area contributed by atoms with Crippen molar-refractivity contribution < 1.29 is 9.52 Å². The Kier molecular flexibility index (Phi) is 6.23. The molecule has 160 valence electrons. The Bertz CT molecular complexity index is 1160. The highest BCUT2D eigenvalue weighted by Crippen LogP contribution is 2.31. The van der Waals surface area contributed by atoms with Crippen LogP contribution in [0.1, 0.15) is 20.3 Å². The largest absolute Gasteiger partial charge is 0.403 e. The predicted molar refractivity (Wildman–Crippen MR) is 122 cm³/mol. The number of nitrogens with one attached hydrogen (secondary N) is 3. The SMILES string of the molecule is CC(C)Nc1cc(Nc2ccc3ncccc3c2)ncc1-c1nnc(NCCCO)o1. The van der Waals surface area contributed by atoms with Crippen LogP contribution in [0.15, 0.2) is 53.2 Å². The third-order valence-corrected chi connectivity index (χ3v) is 4.49. The van der Waals surface area contributed by atoms with Gasteiger partial charge in [-0.25, -0.2) is 4.98 Å². The summed E-state index contributed by atoms with van der Waals surface area (Å²) in [4.78, 5) is 8.89. The van der Waals surface area contributed by atoms with Crippen LogP contribution in [0.3, 0.4) is 0 Å². The van der Waals surface area contributed by atoms with Gasteiger partial charge in [0.25, 0.3) is 5.89 Å². The maximum Gasteiger partial charge on any atom is 0.315 e. The van der Waals surface area contributed by atoms with Gasteiger partial charge in [-0.3, -0.25) is 4.98 Å². The number of pyridine rings is 2. The van der Waals surface area contributed by atoms with Gasteiger partial charge in [0.15, 0.2) is 0 Å². The molecule has 4 aromatic rings. The van der Waals surface area contributed by atoms with E-state index >= 15 is 0 Å². The van der Waals surface area contributed by atoms with Crippen molar-refractivity contribution in [2.75, 3.05) is 29.1 Å². The molecule has 0 saturated carbocycles. The van der Waals surface area contributed by atoms with Gasteiger partial charge < -0.3 is 25.5 Å². The summed E-state index contributed by atoms with van der Waals surface area (Å²) >= 11 is 0. The molecule has 0 aliphatic rings. The highest BCUT2D eigenvalue weighted by Gasteiger charge is 2.15. The summed E-state index contributed by atoms with van der Waals surface area (Å²) in [6.07, 6.45) is 4.09. The smallest absolute Gasteiger partial charge is 0.315 e. The van der Waals surface area contributed by atoms with Gasteiger partial charge in [-0.15, -0.1) is 5.10 Å². The van der Waals surface area contributed by atoms with E-state index in [4.69, 9.17) is 9.52 Å². The molecule has 4 rings (SSSR count). The summed E-state index contributed by atoms with van der Waals surface area (Å²) in [7, 11) is 0. The first-order chi connectivity index (χ1) is 15.1. The van der Waals surface area contributed by atoms with E-state index in [2.05, 4.69) is 50.0 Å². The summed E-state index contributed by atoms with van der Waals surface area (Å²) in [5, 5.41) is 27.9. The molecule has 9 heteroatoms. The van der Waals surface area contributed by atoms with Crippen LogP contribution in [-0.4, -0.2) is 44.5 Å². The normalized spacial score (nSPS) is 11.1. The molecule has 0 fully saturated rings. The molecule has 0 bridgehead atoms. The summed E-state index contributed by atoms with van der Waals surface area (Å²) in [6, 6.07) is 12.4. The van der Waals surface area contributed by atoms with Gasteiger partial charge in [0, 0.05) is 48.7 Å². The van der Waals surface area contributed by atoms with Gasteiger partial charge >= 0.3 is 6.01 Å². The maximum absolute atomic E-state index is 8.90. The van der Waals surface area contributed by atoms with Gasteiger partial charge in [0.1, 0.15) is 5.82 Å². The zero-order valence-electron chi connectivity index (χ0n) is 17.5. The number of nitrogens with zero attached hydrogens (tertiary/aromatic N) is 4. The Labute approximate surface area is 180 Å². The van der Waals surface area contributed by atoms with Crippen molar-refractivity contribution in [1.29, 1.82) is 0 Å². The lowest BCUT2D eigenvalue weighted by Crippen LogP contribution is -2.11. The molecule has 0 saturated heterocycles. The maximum atomic E-state index is 8.90. The van der Waals surface area contributed by atoms with Crippen LogP contribution in [0.5, 0.6) is 0 Å². The number of aliphatic hydroxyl groups excluding tert-OH is 1. The highest BCUT2D eigenvalue weighted by molar-refractivity contribution is 5.83. The lowest BCUT2D eigenvalue weighted by Gasteiger charge is -2.15. The van der Waals surface area contributed by atoms with Crippen LogP contribution in [0.4, 0.5) is 23.2 Å². The van der Waals surface area contributed by atoms with Crippen LogP contribution < -0.4 is 16.0 Å². The second kappa shape index (κ2) is 9.40. The number of hydrogen-bond donors (Lipinski definition) is 4. The standard InChI is InChI=1S/C22H25N7O2/c1-14(2)26-19-12-20(27-16-6-7-18-15(11-16)5-3-8-23-18)25-13-17(19)21-28-29-22(31-21)24-9-4-10-30/h3,5-8,11-14,30H,4,9-10H2,1-2H3,(H,24,29)(H2,25,26,27). The van der Waals surface area contributed by atoms with Gasteiger partial charge in [-0.05, 0) is 44.5 Å². The Morgan fingerprint density at radius 2 is 2.00 bits per heavy atom. The second-order valence-corrected chi connectivity index (χ2v) is 7.37. The van der Waals surface area contributed by atoms with Crippen molar-refractivity contribution in [3.63, 3.8) is 0 Å². The Hall–Kier alpha value is -3.72. The number of fused-ring (bicyclic) bond motifs is 1. The van der Waals surface area contributed by atoms with Crippen LogP contribution in [0.25, 0.3) is 22.4 Å². The summed E-state index contributed by atoms with van der Waals surface area (Å²) in [5.74, 6) is 1.06. The molecule has 0 aliphatic carbocycles. The average Bonchev–Trinajstić information content (AvgIpc) is 3.22. The first-order valence-electron chi connectivity index (χ1n) is 10.2. The van der Waals surface area contributed by atoms with E-state index in [1.807, 2.05) is 36.4 Å². The summed E-state index contributed by atoms with van der Waals surface area (Å²) in [5.41, 5.74) is 3.41. The molecule has 0 spiro atoms. The van der Waals surface area contributed by atoms with Crippen molar-refractivity contribution in [2.24, 2.45) is 0 Å². The van der Waals surface area contributed by atoms with Gasteiger partial charge in [0.2, 0.25) is 0 Å². The van der Waals surface area contributed by atoms with Gasteiger partial charge in [-0.1, -0.05) is 11.2 Å². The lowest BCUT2D eigenvalue weighted by atomic mass is 10.2. The summed E-state index contributed by atoms with van der Waals surface area (Å²) < 4.78 is 5.72. The molecule has 0 unspecified atom stereocenters. The van der Waals surface area contributed by atoms with Crippen molar-refractivity contribution in [3.05, 3.63) is 48.8 Å². The Morgan fingerprint density at radius 3 is 2.84 bits per heavy atom. The number of aromatic nitrogens is 4. The fourth-order valence-electron chi connectivity index (χ4n) is 3.10. The van der Waals surface area contributed by atoms with Gasteiger partial charge in [0.05, 0.1) is 16.8 Å². The highest BCUT2D eigenvalue weighted by atomic mass is 16.4. The molecule has 9 nitrogen and oxygen atoms in total. The molecule has 1 aromatic carbocycles. The number of aliphatic hydroxyl groups is 1. The first-order valence-corrected chi connectivity index (χ1v) is 10.2. The van der Waals surface area contributed by atoms with Crippen molar-refractivity contribution in [3.8, 4) is 11.5 Å².